The Hall–Kier alpha value is -0.640. The number of amides is 1. The molecule has 2 rings (SSSR count). The Morgan fingerprint density at radius 1 is 1.41 bits per heavy atom. The minimum Gasteiger partial charge on any atom is -0.339 e. The molecule has 2 saturated heterocycles. The van der Waals surface area contributed by atoms with E-state index in [9.17, 15) is 9.18 Å². The van der Waals surface area contributed by atoms with E-state index >= 15 is 0 Å². The van der Waals surface area contributed by atoms with E-state index in [0.29, 0.717) is 32.0 Å². The summed E-state index contributed by atoms with van der Waals surface area (Å²) in [7, 11) is 0. The highest BCUT2D eigenvalue weighted by Crippen LogP contribution is 2.38. The molecular formula is C13H23FN2O. The number of nitrogens with one attached hydrogen (secondary N) is 1. The van der Waals surface area contributed by atoms with Gasteiger partial charge < -0.3 is 10.2 Å². The SMILES string of the molecule is CC(C)[C@@]1(C)CCN(C(=O)[C@]2(F)CCNC2)C1. The van der Waals surface area contributed by atoms with E-state index in [1.165, 1.54) is 0 Å². The number of alkyl halides is 1. The van der Waals surface area contributed by atoms with Crippen molar-refractivity contribution in [2.45, 2.75) is 39.3 Å². The lowest BCUT2D eigenvalue weighted by Crippen LogP contribution is -2.47. The van der Waals surface area contributed by atoms with Gasteiger partial charge >= 0.3 is 0 Å². The molecule has 4 heteroatoms. The van der Waals surface area contributed by atoms with E-state index in [1.807, 2.05) is 0 Å². The van der Waals surface area contributed by atoms with E-state index in [0.717, 1.165) is 6.42 Å². The lowest BCUT2D eigenvalue weighted by molar-refractivity contribution is -0.142. The first-order chi connectivity index (χ1) is 7.87. The molecule has 1 N–H and O–H groups in total. The zero-order valence-electron chi connectivity index (χ0n) is 11.1. The summed E-state index contributed by atoms with van der Waals surface area (Å²) in [6, 6.07) is 0. The molecule has 98 valence electrons. The Balaban J connectivity index is 2.03. The highest BCUT2D eigenvalue weighted by atomic mass is 19.1. The zero-order valence-corrected chi connectivity index (χ0v) is 11.1. The van der Waals surface area contributed by atoms with Crippen molar-refractivity contribution in [2.75, 3.05) is 26.2 Å². The maximum atomic E-state index is 14.4. The van der Waals surface area contributed by atoms with E-state index in [2.05, 4.69) is 26.1 Å². The van der Waals surface area contributed by atoms with Gasteiger partial charge in [-0.05, 0) is 24.3 Å². The highest BCUT2D eigenvalue weighted by molar-refractivity contribution is 5.86. The molecule has 0 aromatic carbocycles. The minimum absolute atomic E-state index is 0.151. The molecular weight excluding hydrogens is 219 g/mol. The molecule has 17 heavy (non-hydrogen) atoms. The number of carbonyl (C=O) groups is 1. The lowest BCUT2D eigenvalue weighted by atomic mass is 9.78. The van der Waals surface area contributed by atoms with Crippen molar-refractivity contribution in [3.63, 3.8) is 0 Å². The molecule has 2 atom stereocenters. The summed E-state index contributed by atoms with van der Waals surface area (Å²) in [6.45, 7) is 8.75. The topological polar surface area (TPSA) is 32.3 Å². The number of hydrogen-bond donors (Lipinski definition) is 1. The van der Waals surface area contributed by atoms with Gasteiger partial charge in [-0.1, -0.05) is 20.8 Å². The predicted octanol–water partition coefficient (Wildman–Crippen LogP) is 1.58. The smallest absolute Gasteiger partial charge is 0.261 e. The van der Waals surface area contributed by atoms with E-state index < -0.39 is 5.67 Å². The number of carbonyl (C=O) groups excluding carboxylic acids is 1. The Labute approximate surface area is 103 Å². The fraction of sp³-hybridized carbons (Fsp3) is 0.923. The maximum Gasteiger partial charge on any atom is 0.261 e. The largest absolute Gasteiger partial charge is 0.339 e. The standard InChI is InChI=1S/C13H23FN2O/c1-10(2)12(3)5-7-16(9-12)11(17)13(14)4-6-15-8-13/h10,15H,4-9H2,1-3H3/t12-,13-/m0/s1. The van der Waals surface area contributed by atoms with Gasteiger partial charge in [0.2, 0.25) is 5.67 Å². The van der Waals surface area contributed by atoms with E-state index in [1.54, 1.807) is 4.90 Å². The molecule has 0 aromatic heterocycles. The molecule has 0 aliphatic carbocycles. The van der Waals surface area contributed by atoms with Crippen molar-refractivity contribution in [1.82, 2.24) is 10.2 Å². The molecule has 2 heterocycles. The fourth-order valence-corrected chi connectivity index (χ4v) is 2.76. The van der Waals surface area contributed by atoms with Crippen LogP contribution in [0.4, 0.5) is 4.39 Å². The number of hydrogen-bond acceptors (Lipinski definition) is 2. The molecule has 2 aliphatic heterocycles. The van der Waals surface area contributed by atoms with Crippen LogP contribution in [-0.4, -0.2) is 42.7 Å². The summed E-state index contributed by atoms with van der Waals surface area (Å²) >= 11 is 0. The summed E-state index contributed by atoms with van der Waals surface area (Å²) in [4.78, 5) is 13.9. The van der Waals surface area contributed by atoms with Gasteiger partial charge in [0, 0.05) is 26.1 Å². The van der Waals surface area contributed by atoms with Gasteiger partial charge in [0.15, 0.2) is 0 Å². The molecule has 3 nitrogen and oxygen atoms in total. The Morgan fingerprint density at radius 2 is 2.12 bits per heavy atom. The second-order valence-corrected chi connectivity index (χ2v) is 6.18. The van der Waals surface area contributed by atoms with Crippen molar-refractivity contribution < 1.29 is 9.18 Å². The molecule has 2 aliphatic rings. The number of rotatable bonds is 2. The quantitative estimate of drug-likeness (QED) is 0.797. The maximum absolute atomic E-state index is 14.4. The molecule has 0 spiro atoms. The average molecular weight is 242 g/mol. The van der Waals surface area contributed by atoms with Crippen molar-refractivity contribution in [2.24, 2.45) is 11.3 Å². The van der Waals surface area contributed by atoms with Crippen molar-refractivity contribution >= 4 is 5.91 Å². The average Bonchev–Trinajstić information content (AvgIpc) is 2.86. The molecule has 0 aromatic rings. The molecule has 1 amide bonds. The number of halogens is 1. The van der Waals surface area contributed by atoms with Gasteiger partial charge in [0.1, 0.15) is 0 Å². The van der Waals surface area contributed by atoms with Crippen LogP contribution in [0.2, 0.25) is 0 Å². The first-order valence-electron chi connectivity index (χ1n) is 6.56. The van der Waals surface area contributed by atoms with Crippen LogP contribution in [-0.2, 0) is 4.79 Å². The molecule has 2 fully saturated rings. The van der Waals surface area contributed by atoms with Crippen LogP contribution in [0.1, 0.15) is 33.6 Å². The summed E-state index contributed by atoms with van der Waals surface area (Å²) < 4.78 is 14.4. The Bertz CT molecular complexity index is 313. The number of likely N-dealkylation sites (tertiary alicyclic amines) is 1. The van der Waals surface area contributed by atoms with Gasteiger partial charge in [-0.15, -0.1) is 0 Å². The van der Waals surface area contributed by atoms with Crippen LogP contribution < -0.4 is 5.32 Å². The Kier molecular flexibility index (Phi) is 3.19. The van der Waals surface area contributed by atoms with Crippen LogP contribution in [0.3, 0.4) is 0 Å². The molecule has 0 saturated carbocycles. The van der Waals surface area contributed by atoms with Gasteiger partial charge in [-0.2, -0.15) is 0 Å². The van der Waals surface area contributed by atoms with Gasteiger partial charge in [0.25, 0.3) is 5.91 Å². The summed E-state index contributed by atoms with van der Waals surface area (Å²) in [6.07, 6.45) is 1.31. The monoisotopic (exact) mass is 242 g/mol. The van der Waals surface area contributed by atoms with Crippen molar-refractivity contribution in [1.29, 1.82) is 0 Å². The summed E-state index contributed by atoms with van der Waals surface area (Å²) in [5.41, 5.74) is -1.50. The van der Waals surface area contributed by atoms with Crippen LogP contribution in [0, 0.1) is 11.3 Å². The van der Waals surface area contributed by atoms with Crippen molar-refractivity contribution in [3.05, 3.63) is 0 Å². The molecule has 0 bridgehead atoms. The first kappa shape index (κ1) is 12.8. The normalized spacial score (nSPS) is 38.1. The second kappa shape index (κ2) is 4.23. The van der Waals surface area contributed by atoms with Crippen LogP contribution >= 0.6 is 0 Å². The highest BCUT2D eigenvalue weighted by Gasteiger charge is 2.48. The zero-order chi connectivity index (χ0) is 12.7. The fourth-order valence-electron chi connectivity index (χ4n) is 2.76. The van der Waals surface area contributed by atoms with E-state index in [4.69, 9.17) is 0 Å². The Morgan fingerprint density at radius 3 is 2.59 bits per heavy atom. The second-order valence-electron chi connectivity index (χ2n) is 6.18. The first-order valence-corrected chi connectivity index (χ1v) is 6.56. The number of nitrogens with zero attached hydrogens (tertiary/aromatic N) is 1. The van der Waals surface area contributed by atoms with E-state index in [-0.39, 0.29) is 17.9 Å². The summed E-state index contributed by atoms with van der Waals surface area (Å²) in [5, 5.41) is 2.94. The molecule has 0 radical (unpaired) electrons. The van der Waals surface area contributed by atoms with Gasteiger partial charge in [-0.3, -0.25) is 4.79 Å². The van der Waals surface area contributed by atoms with Crippen LogP contribution in [0.5, 0.6) is 0 Å². The summed E-state index contributed by atoms with van der Waals surface area (Å²) in [5.74, 6) is 0.226. The third-order valence-corrected chi connectivity index (χ3v) is 4.67. The van der Waals surface area contributed by atoms with Crippen LogP contribution in [0.25, 0.3) is 0 Å². The van der Waals surface area contributed by atoms with Crippen LogP contribution in [0.15, 0.2) is 0 Å². The minimum atomic E-state index is -1.65. The molecule has 0 unspecified atom stereocenters. The third-order valence-electron chi connectivity index (χ3n) is 4.67. The van der Waals surface area contributed by atoms with Crippen molar-refractivity contribution in [3.8, 4) is 0 Å². The van der Waals surface area contributed by atoms with Gasteiger partial charge in [-0.25, -0.2) is 4.39 Å². The third kappa shape index (κ3) is 2.19. The predicted molar refractivity (Wildman–Crippen MR) is 65.5 cm³/mol. The van der Waals surface area contributed by atoms with Gasteiger partial charge in [0.05, 0.1) is 0 Å². The lowest BCUT2D eigenvalue weighted by Gasteiger charge is -2.30.